The van der Waals surface area contributed by atoms with E-state index in [0.717, 1.165) is 5.56 Å². The molecule has 0 radical (unpaired) electrons. The molecule has 120 valence electrons. The molecule has 0 saturated heterocycles. The summed E-state index contributed by atoms with van der Waals surface area (Å²) >= 11 is 0. The molecule has 22 heavy (non-hydrogen) atoms. The Hall–Kier alpha value is -2.08. The average molecular weight is 307 g/mol. The number of aliphatic hydroxyl groups excluding tert-OH is 1. The van der Waals surface area contributed by atoms with Crippen LogP contribution in [0.25, 0.3) is 0 Å². The molecule has 2 rings (SSSR count). The number of hydrogen-bond donors (Lipinski definition) is 2. The number of aliphatic hydroxyl groups is 1. The van der Waals surface area contributed by atoms with Gasteiger partial charge in [-0.15, -0.1) is 0 Å². The van der Waals surface area contributed by atoms with Gasteiger partial charge in [0.2, 0.25) is 0 Å². The fourth-order valence-corrected chi connectivity index (χ4v) is 2.65. The number of hydrogen-bond acceptors (Lipinski definition) is 5. The van der Waals surface area contributed by atoms with Crippen LogP contribution < -0.4 is 5.32 Å². The zero-order chi connectivity index (χ0) is 15.9. The van der Waals surface area contributed by atoms with Gasteiger partial charge in [0.1, 0.15) is 6.61 Å². The maximum atomic E-state index is 11.9. The normalized spacial score (nSPS) is 24.4. The molecule has 6 nitrogen and oxygen atoms in total. The zero-order valence-corrected chi connectivity index (χ0v) is 12.5. The standard InChI is InChI=1S/C16H21NO5/c1-21-15(19)13-9-12(18)7-8-14(13)17-16(20)22-10-11-5-3-2-4-6-11/h2-6,12-14,18H,7-10H2,1H3,(H,17,20)/t12-,13-,14?/m0/s1. The van der Waals surface area contributed by atoms with Gasteiger partial charge in [0, 0.05) is 6.04 Å². The van der Waals surface area contributed by atoms with E-state index in [2.05, 4.69) is 5.32 Å². The van der Waals surface area contributed by atoms with Crippen LogP contribution in [0.3, 0.4) is 0 Å². The van der Waals surface area contributed by atoms with E-state index in [1.165, 1.54) is 7.11 Å². The molecule has 0 aliphatic heterocycles. The highest BCUT2D eigenvalue weighted by Gasteiger charge is 2.36. The molecule has 6 heteroatoms. The van der Waals surface area contributed by atoms with Crippen LogP contribution in [0.4, 0.5) is 4.79 Å². The predicted octanol–water partition coefficient (Wildman–Crippen LogP) is 1.62. The van der Waals surface area contributed by atoms with Crippen LogP contribution in [0.1, 0.15) is 24.8 Å². The van der Waals surface area contributed by atoms with E-state index >= 15 is 0 Å². The third-order valence-corrected chi connectivity index (χ3v) is 3.84. The minimum Gasteiger partial charge on any atom is -0.469 e. The topological polar surface area (TPSA) is 84.9 Å². The number of carbonyl (C=O) groups is 2. The van der Waals surface area contributed by atoms with E-state index in [0.29, 0.717) is 12.8 Å². The molecule has 1 aliphatic rings. The van der Waals surface area contributed by atoms with E-state index in [1.54, 1.807) is 0 Å². The molecule has 1 saturated carbocycles. The van der Waals surface area contributed by atoms with E-state index in [-0.39, 0.29) is 19.1 Å². The Morgan fingerprint density at radius 3 is 2.68 bits per heavy atom. The van der Waals surface area contributed by atoms with Crippen molar-refractivity contribution >= 4 is 12.1 Å². The minimum absolute atomic E-state index is 0.172. The van der Waals surface area contributed by atoms with Crippen LogP contribution in [-0.2, 0) is 20.9 Å². The molecule has 0 spiro atoms. The van der Waals surface area contributed by atoms with Gasteiger partial charge in [-0.05, 0) is 24.8 Å². The maximum absolute atomic E-state index is 11.9. The summed E-state index contributed by atoms with van der Waals surface area (Å²) in [7, 11) is 1.30. The third-order valence-electron chi connectivity index (χ3n) is 3.84. The van der Waals surface area contributed by atoms with Crippen LogP contribution in [-0.4, -0.2) is 36.4 Å². The number of alkyl carbamates (subject to hydrolysis) is 1. The summed E-state index contributed by atoms with van der Waals surface area (Å²) in [5.74, 6) is -0.967. The Kier molecular flexibility index (Phi) is 5.77. The zero-order valence-electron chi connectivity index (χ0n) is 12.5. The Bertz CT molecular complexity index is 505. The third kappa shape index (κ3) is 4.46. The van der Waals surface area contributed by atoms with Crippen LogP contribution in [0.15, 0.2) is 30.3 Å². The van der Waals surface area contributed by atoms with E-state index in [9.17, 15) is 14.7 Å². The molecule has 1 aromatic rings. The van der Waals surface area contributed by atoms with Crippen LogP contribution in [0, 0.1) is 5.92 Å². The number of nitrogens with one attached hydrogen (secondary N) is 1. The molecule has 1 amide bonds. The summed E-state index contributed by atoms with van der Waals surface area (Å²) in [5, 5.41) is 12.4. The van der Waals surface area contributed by atoms with Crippen molar-refractivity contribution in [2.75, 3.05) is 7.11 Å². The second-order valence-corrected chi connectivity index (χ2v) is 5.41. The second kappa shape index (κ2) is 7.79. The molecular formula is C16H21NO5. The van der Waals surface area contributed by atoms with Gasteiger partial charge in [-0.3, -0.25) is 4.79 Å². The lowest BCUT2D eigenvalue weighted by Crippen LogP contribution is -2.48. The van der Waals surface area contributed by atoms with Crippen LogP contribution >= 0.6 is 0 Å². The monoisotopic (exact) mass is 307 g/mol. The lowest BCUT2D eigenvalue weighted by molar-refractivity contribution is -0.149. The highest BCUT2D eigenvalue weighted by molar-refractivity contribution is 5.75. The number of carbonyl (C=O) groups excluding carboxylic acids is 2. The number of rotatable bonds is 4. The Morgan fingerprint density at radius 1 is 1.27 bits per heavy atom. The first-order chi connectivity index (χ1) is 10.6. The smallest absolute Gasteiger partial charge is 0.407 e. The van der Waals surface area contributed by atoms with Crippen molar-refractivity contribution in [3.05, 3.63) is 35.9 Å². The number of esters is 1. The Labute approximate surface area is 129 Å². The van der Waals surface area contributed by atoms with Gasteiger partial charge in [-0.2, -0.15) is 0 Å². The molecule has 3 atom stereocenters. The van der Waals surface area contributed by atoms with E-state index in [4.69, 9.17) is 9.47 Å². The second-order valence-electron chi connectivity index (χ2n) is 5.41. The maximum Gasteiger partial charge on any atom is 0.407 e. The van der Waals surface area contributed by atoms with Gasteiger partial charge in [0.05, 0.1) is 19.1 Å². The van der Waals surface area contributed by atoms with E-state index in [1.807, 2.05) is 30.3 Å². The minimum atomic E-state index is -0.570. The van der Waals surface area contributed by atoms with Crippen molar-refractivity contribution in [3.8, 4) is 0 Å². The lowest BCUT2D eigenvalue weighted by Gasteiger charge is -2.32. The first-order valence-electron chi connectivity index (χ1n) is 7.33. The molecule has 1 unspecified atom stereocenters. The van der Waals surface area contributed by atoms with E-state index < -0.39 is 24.1 Å². The first kappa shape index (κ1) is 16.3. The number of methoxy groups -OCH3 is 1. The van der Waals surface area contributed by atoms with Crippen molar-refractivity contribution in [2.45, 2.75) is 38.0 Å². The fourth-order valence-electron chi connectivity index (χ4n) is 2.65. The summed E-state index contributed by atoms with van der Waals surface area (Å²) in [6.07, 6.45) is 0.232. The van der Waals surface area contributed by atoms with Crippen molar-refractivity contribution in [1.82, 2.24) is 5.32 Å². The predicted molar refractivity (Wildman–Crippen MR) is 78.9 cm³/mol. The van der Waals surface area contributed by atoms with Crippen molar-refractivity contribution < 1.29 is 24.2 Å². The molecular weight excluding hydrogens is 286 g/mol. The number of benzene rings is 1. The summed E-state index contributed by atoms with van der Waals surface area (Å²) in [6, 6.07) is 8.97. The summed E-state index contributed by atoms with van der Waals surface area (Å²) < 4.78 is 9.89. The summed E-state index contributed by atoms with van der Waals surface area (Å²) in [4.78, 5) is 23.6. The highest BCUT2D eigenvalue weighted by Crippen LogP contribution is 2.26. The Morgan fingerprint density at radius 2 is 2.00 bits per heavy atom. The van der Waals surface area contributed by atoms with Gasteiger partial charge < -0.3 is 19.9 Å². The molecule has 2 N–H and O–H groups in total. The molecule has 1 aliphatic carbocycles. The van der Waals surface area contributed by atoms with Crippen LogP contribution in [0.2, 0.25) is 0 Å². The molecule has 1 aromatic carbocycles. The van der Waals surface area contributed by atoms with Gasteiger partial charge in [0.15, 0.2) is 0 Å². The first-order valence-corrected chi connectivity index (χ1v) is 7.33. The average Bonchev–Trinajstić information content (AvgIpc) is 2.55. The van der Waals surface area contributed by atoms with Crippen molar-refractivity contribution in [2.24, 2.45) is 5.92 Å². The highest BCUT2D eigenvalue weighted by atomic mass is 16.5. The largest absolute Gasteiger partial charge is 0.469 e. The van der Waals surface area contributed by atoms with Crippen molar-refractivity contribution in [1.29, 1.82) is 0 Å². The summed E-state index contributed by atoms with van der Waals surface area (Å²) in [6.45, 7) is 0.172. The van der Waals surface area contributed by atoms with Gasteiger partial charge >= 0.3 is 12.1 Å². The number of ether oxygens (including phenoxy) is 2. The Balaban J connectivity index is 1.87. The van der Waals surface area contributed by atoms with Gasteiger partial charge in [-0.1, -0.05) is 30.3 Å². The lowest BCUT2D eigenvalue weighted by atomic mass is 9.83. The SMILES string of the molecule is COC(=O)[C@H]1C[C@@H](O)CCC1NC(=O)OCc1ccccc1. The summed E-state index contributed by atoms with van der Waals surface area (Å²) in [5.41, 5.74) is 0.890. The van der Waals surface area contributed by atoms with Crippen molar-refractivity contribution in [3.63, 3.8) is 0 Å². The van der Waals surface area contributed by atoms with Gasteiger partial charge in [0.25, 0.3) is 0 Å². The number of amides is 1. The van der Waals surface area contributed by atoms with Gasteiger partial charge in [-0.25, -0.2) is 4.79 Å². The van der Waals surface area contributed by atoms with Crippen LogP contribution in [0.5, 0.6) is 0 Å². The molecule has 0 bridgehead atoms. The quantitative estimate of drug-likeness (QED) is 0.826. The molecule has 1 fully saturated rings. The fraction of sp³-hybridized carbons (Fsp3) is 0.500. The molecule has 0 heterocycles. The molecule has 0 aromatic heterocycles.